The van der Waals surface area contributed by atoms with Crippen molar-refractivity contribution in [3.8, 4) is 0 Å². The third kappa shape index (κ3) is 3.56. The Balaban J connectivity index is 1.18. The zero-order valence-corrected chi connectivity index (χ0v) is 16.4. The highest BCUT2D eigenvalue weighted by Gasteiger charge is 2.34. The van der Waals surface area contributed by atoms with E-state index in [0.717, 1.165) is 37.2 Å². The van der Waals surface area contributed by atoms with Gasteiger partial charge in [0.15, 0.2) is 0 Å². The number of hydrogen-bond acceptors (Lipinski definition) is 4. The number of thioether (sulfide) groups is 1. The van der Waals surface area contributed by atoms with E-state index in [2.05, 4.69) is 6.07 Å². The fourth-order valence-electron chi connectivity index (χ4n) is 3.75. The van der Waals surface area contributed by atoms with E-state index in [1.54, 1.807) is 36.0 Å². The molecule has 2 aromatic carbocycles. The molecule has 28 heavy (non-hydrogen) atoms. The maximum Gasteiger partial charge on any atom is 0.261 e. The van der Waals surface area contributed by atoms with Crippen LogP contribution in [0.1, 0.15) is 39.1 Å². The van der Waals surface area contributed by atoms with Crippen molar-refractivity contribution < 1.29 is 14.4 Å². The van der Waals surface area contributed by atoms with E-state index in [1.807, 2.05) is 23.1 Å². The molecule has 0 fully saturated rings. The number of benzene rings is 2. The van der Waals surface area contributed by atoms with Gasteiger partial charge < -0.3 is 4.90 Å². The topological polar surface area (TPSA) is 57.7 Å². The highest BCUT2D eigenvalue weighted by atomic mass is 32.2. The van der Waals surface area contributed by atoms with Crippen LogP contribution in [0.15, 0.2) is 48.5 Å². The Morgan fingerprint density at radius 2 is 1.61 bits per heavy atom. The number of hydrogen-bond donors (Lipinski definition) is 0. The smallest absolute Gasteiger partial charge is 0.261 e. The lowest BCUT2D eigenvalue weighted by Gasteiger charge is -2.17. The molecule has 2 aromatic rings. The molecule has 0 atom stereocenters. The molecule has 0 unspecified atom stereocenters. The Labute approximate surface area is 168 Å². The van der Waals surface area contributed by atoms with Crippen molar-refractivity contribution in [2.75, 3.05) is 29.5 Å². The van der Waals surface area contributed by atoms with Crippen LogP contribution in [0, 0.1) is 0 Å². The summed E-state index contributed by atoms with van der Waals surface area (Å²) in [5.41, 5.74) is 3.28. The maximum atomic E-state index is 12.5. The molecule has 0 saturated carbocycles. The molecule has 0 spiro atoms. The SMILES string of the molecule is O=C1c2ccccc2C(=O)N1CCCCSCC(=O)N1CCc2ccccc21. The van der Waals surface area contributed by atoms with E-state index in [4.69, 9.17) is 0 Å². The quantitative estimate of drug-likeness (QED) is 0.534. The van der Waals surface area contributed by atoms with Crippen molar-refractivity contribution in [3.05, 3.63) is 65.2 Å². The van der Waals surface area contributed by atoms with Gasteiger partial charge in [-0.2, -0.15) is 11.8 Å². The minimum atomic E-state index is -0.198. The molecular weight excluding hydrogens is 372 g/mol. The largest absolute Gasteiger partial charge is 0.311 e. The van der Waals surface area contributed by atoms with Gasteiger partial charge in [0, 0.05) is 18.8 Å². The first kappa shape index (κ1) is 18.7. The zero-order valence-electron chi connectivity index (χ0n) is 15.6. The maximum absolute atomic E-state index is 12.5. The second-order valence-corrected chi connectivity index (χ2v) is 8.10. The molecule has 0 N–H and O–H groups in total. The fourth-order valence-corrected chi connectivity index (χ4v) is 4.63. The molecule has 3 amide bonds. The number of amides is 3. The summed E-state index contributed by atoms with van der Waals surface area (Å²) in [6.45, 7) is 1.19. The predicted octanol–water partition coefficient (Wildman–Crippen LogP) is 3.39. The molecule has 2 heterocycles. The Bertz CT molecular complexity index is 893. The van der Waals surface area contributed by atoms with Gasteiger partial charge in [0.1, 0.15) is 0 Å². The second-order valence-electron chi connectivity index (χ2n) is 6.99. The molecule has 0 aliphatic carbocycles. The standard InChI is InChI=1S/C22H22N2O3S/c25-20(23-13-11-16-7-1-4-10-19(16)23)15-28-14-6-5-12-24-21(26)17-8-2-3-9-18(17)22(24)27/h1-4,7-10H,5-6,11-15H2. The minimum Gasteiger partial charge on any atom is -0.311 e. The summed E-state index contributed by atoms with van der Waals surface area (Å²) in [5.74, 6) is 1.05. The molecule has 2 aliphatic rings. The van der Waals surface area contributed by atoms with E-state index in [9.17, 15) is 14.4 Å². The van der Waals surface area contributed by atoms with Gasteiger partial charge in [0.05, 0.1) is 16.9 Å². The van der Waals surface area contributed by atoms with Gasteiger partial charge in [-0.1, -0.05) is 30.3 Å². The Hall–Kier alpha value is -2.60. The number of anilines is 1. The third-order valence-electron chi connectivity index (χ3n) is 5.21. The van der Waals surface area contributed by atoms with E-state index in [0.29, 0.717) is 23.4 Å². The fraction of sp³-hybridized carbons (Fsp3) is 0.318. The van der Waals surface area contributed by atoms with Gasteiger partial charge in [-0.15, -0.1) is 0 Å². The molecule has 6 heteroatoms. The summed E-state index contributed by atoms with van der Waals surface area (Å²) >= 11 is 1.61. The Kier molecular flexibility index (Phi) is 5.48. The molecule has 4 rings (SSSR count). The zero-order chi connectivity index (χ0) is 19.5. The third-order valence-corrected chi connectivity index (χ3v) is 6.24. The van der Waals surface area contributed by atoms with Gasteiger partial charge >= 0.3 is 0 Å². The van der Waals surface area contributed by atoms with Crippen LogP contribution in [0.3, 0.4) is 0 Å². The summed E-state index contributed by atoms with van der Waals surface area (Å²) in [6.07, 6.45) is 2.54. The van der Waals surface area contributed by atoms with Crippen LogP contribution in [-0.2, 0) is 11.2 Å². The number of fused-ring (bicyclic) bond motifs is 2. The average Bonchev–Trinajstić information content (AvgIpc) is 3.25. The lowest BCUT2D eigenvalue weighted by atomic mass is 10.1. The van der Waals surface area contributed by atoms with Gasteiger partial charge in [-0.05, 0) is 48.8 Å². The highest BCUT2D eigenvalue weighted by molar-refractivity contribution is 7.99. The monoisotopic (exact) mass is 394 g/mol. The van der Waals surface area contributed by atoms with E-state index in [-0.39, 0.29) is 17.7 Å². The summed E-state index contributed by atoms with van der Waals surface area (Å²) in [6, 6.07) is 15.0. The van der Waals surface area contributed by atoms with Gasteiger partial charge in [-0.3, -0.25) is 19.3 Å². The highest BCUT2D eigenvalue weighted by Crippen LogP contribution is 2.28. The lowest BCUT2D eigenvalue weighted by molar-refractivity contribution is -0.116. The summed E-state index contributed by atoms with van der Waals surface area (Å²) in [7, 11) is 0. The number of rotatable bonds is 7. The molecule has 5 nitrogen and oxygen atoms in total. The number of para-hydroxylation sites is 1. The number of imide groups is 1. The second kappa shape index (κ2) is 8.19. The van der Waals surface area contributed by atoms with Crippen molar-refractivity contribution in [2.24, 2.45) is 0 Å². The van der Waals surface area contributed by atoms with Crippen molar-refractivity contribution in [3.63, 3.8) is 0 Å². The van der Waals surface area contributed by atoms with Crippen LogP contribution in [0.25, 0.3) is 0 Å². The van der Waals surface area contributed by atoms with Crippen molar-refractivity contribution in [1.29, 1.82) is 0 Å². The average molecular weight is 394 g/mol. The molecule has 144 valence electrons. The number of nitrogens with zero attached hydrogens (tertiary/aromatic N) is 2. The Morgan fingerprint density at radius 1 is 0.929 bits per heavy atom. The van der Waals surface area contributed by atoms with Crippen LogP contribution in [0.2, 0.25) is 0 Å². The molecule has 0 bridgehead atoms. The number of carbonyl (C=O) groups excluding carboxylic acids is 3. The van der Waals surface area contributed by atoms with E-state index >= 15 is 0 Å². The lowest BCUT2D eigenvalue weighted by Crippen LogP contribution is -2.31. The predicted molar refractivity (Wildman–Crippen MR) is 111 cm³/mol. The van der Waals surface area contributed by atoms with E-state index in [1.165, 1.54) is 10.5 Å². The minimum absolute atomic E-state index is 0.148. The molecule has 0 saturated heterocycles. The summed E-state index contributed by atoms with van der Waals surface area (Å²) in [4.78, 5) is 40.3. The normalized spacial score (nSPS) is 15.1. The Morgan fingerprint density at radius 3 is 2.36 bits per heavy atom. The van der Waals surface area contributed by atoms with Crippen molar-refractivity contribution >= 4 is 35.2 Å². The molecule has 2 aliphatic heterocycles. The van der Waals surface area contributed by atoms with Crippen LogP contribution in [-0.4, -0.2) is 47.2 Å². The summed E-state index contributed by atoms with van der Waals surface area (Å²) < 4.78 is 0. The van der Waals surface area contributed by atoms with Crippen LogP contribution >= 0.6 is 11.8 Å². The first-order valence-electron chi connectivity index (χ1n) is 9.58. The molecular formula is C22H22N2O3S. The first-order valence-corrected chi connectivity index (χ1v) is 10.7. The summed E-state index contributed by atoms with van der Waals surface area (Å²) in [5, 5.41) is 0. The number of carbonyl (C=O) groups is 3. The first-order chi connectivity index (χ1) is 13.7. The van der Waals surface area contributed by atoms with Crippen LogP contribution < -0.4 is 4.90 Å². The molecule has 0 radical (unpaired) electrons. The van der Waals surface area contributed by atoms with Crippen molar-refractivity contribution in [1.82, 2.24) is 4.90 Å². The number of unbranched alkanes of at least 4 members (excludes halogenated alkanes) is 1. The molecule has 0 aromatic heterocycles. The van der Waals surface area contributed by atoms with Crippen LogP contribution in [0.5, 0.6) is 0 Å². The van der Waals surface area contributed by atoms with Gasteiger partial charge in [-0.25, -0.2) is 0 Å². The van der Waals surface area contributed by atoms with Crippen LogP contribution in [0.4, 0.5) is 5.69 Å². The van der Waals surface area contributed by atoms with Gasteiger partial charge in [0.25, 0.3) is 11.8 Å². The van der Waals surface area contributed by atoms with Gasteiger partial charge in [0.2, 0.25) is 5.91 Å². The van der Waals surface area contributed by atoms with E-state index < -0.39 is 0 Å². The van der Waals surface area contributed by atoms with Crippen molar-refractivity contribution in [2.45, 2.75) is 19.3 Å².